The van der Waals surface area contributed by atoms with Crippen molar-refractivity contribution in [2.75, 3.05) is 5.32 Å². The molecular formula is C12H17NO5. The summed E-state index contributed by atoms with van der Waals surface area (Å²) in [7, 11) is 0. The zero-order chi connectivity index (χ0) is 13.3. The molecule has 1 saturated heterocycles. The summed E-state index contributed by atoms with van der Waals surface area (Å²) in [5, 5.41) is 41.4. The third-order valence-corrected chi connectivity index (χ3v) is 3.06. The predicted molar refractivity (Wildman–Crippen MR) is 63.6 cm³/mol. The van der Waals surface area contributed by atoms with Gasteiger partial charge < -0.3 is 30.5 Å². The fourth-order valence-corrected chi connectivity index (χ4v) is 1.98. The van der Waals surface area contributed by atoms with Gasteiger partial charge >= 0.3 is 0 Å². The normalized spacial score (nSPS) is 40.5. The second kappa shape index (κ2) is 4.83. The van der Waals surface area contributed by atoms with Crippen molar-refractivity contribution in [1.82, 2.24) is 0 Å². The molecular weight excluding hydrogens is 238 g/mol. The molecule has 18 heavy (non-hydrogen) atoms. The Kier molecular flexibility index (Phi) is 3.56. The van der Waals surface area contributed by atoms with Crippen LogP contribution >= 0.6 is 0 Å². The van der Waals surface area contributed by atoms with Gasteiger partial charge in [0.2, 0.25) is 0 Å². The Morgan fingerprint density at radius 3 is 2.28 bits per heavy atom. The fraction of sp³-hybridized carbons (Fsp3) is 0.500. The van der Waals surface area contributed by atoms with E-state index >= 15 is 0 Å². The van der Waals surface area contributed by atoms with Crippen molar-refractivity contribution >= 4 is 5.69 Å². The second-order valence-corrected chi connectivity index (χ2v) is 4.53. The Bertz CT molecular complexity index is 401. The van der Waals surface area contributed by atoms with Gasteiger partial charge in [0.15, 0.2) is 12.0 Å². The van der Waals surface area contributed by atoms with Crippen molar-refractivity contribution < 1.29 is 25.2 Å². The summed E-state index contributed by atoms with van der Waals surface area (Å²) in [5.74, 6) is 0. The lowest BCUT2D eigenvalue weighted by Gasteiger charge is -2.46. The van der Waals surface area contributed by atoms with Crippen LogP contribution in [0.2, 0.25) is 0 Å². The van der Waals surface area contributed by atoms with Crippen LogP contribution in [-0.4, -0.2) is 50.8 Å². The molecule has 1 aliphatic rings. The monoisotopic (exact) mass is 255 g/mol. The summed E-state index contributed by atoms with van der Waals surface area (Å²) in [5.41, 5.74) is -0.728. The lowest BCUT2D eigenvalue weighted by Crippen LogP contribution is -2.66. The van der Waals surface area contributed by atoms with Gasteiger partial charge in [-0.2, -0.15) is 0 Å². The van der Waals surface area contributed by atoms with E-state index in [1.807, 2.05) is 6.07 Å². The van der Waals surface area contributed by atoms with Crippen LogP contribution in [0.5, 0.6) is 0 Å². The summed E-state index contributed by atoms with van der Waals surface area (Å²) >= 11 is 0. The summed E-state index contributed by atoms with van der Waals surface area (Å²) in [4.78, 5) is 0. The number of ether oxygens (including phenoxy) is 1. The summed E-state index contributed by atoms with van der Waals surface area (Å²) < 4.78 is 5.16. The second-order valence-electron chi connectivity index (χ2n) is 4.53. The van der Waals surface area contributed by atoms with E-state index in [4.69, 9.17) is 4.74 Å². The van der Waals surface area contributed by atoms with Crippen LogP contribution < -0.4 is 5.32 Å². The van der Waals surface area contributed by atoms with Crippen molar-refractivity contribution in [2.45, 2.75) is 37.3 Å². The first kappa shape index (κ1) is 13.3. The topological polar surface area (TPSA) is 102 Å². The van der Waals surface area contributed by atoms with Gasteiger partial charge in [-0.05, 0) is 19.1 Å². The Labute approximate surface area is 104 Å². The Balaban J connectivity index is 2.19. The van der Waals surface area contributed by atoms with E-state index in [1.165, 1.54) is 6.92 Å². The average molecular weight is 255 g/mol. The number of hydrogen-bond donors (Lipinski definition) is 5. The SMILES string of the molecule is C[C@]1(Nc2ccccc2)O[C@@H](O)[C@@H](O)[C@H](O)[C@@H]1O. The molecule has 6 heteroatoms. The molecule has 0 radical (unpaired) electrons. The van der Waals surface area contributed by atoms with Crippen molar-refractivity contribution in [3.63, 3.8) is 0 Å². The smallest absolute Gasteiger partial charge is 0.186 e. The van der Waals surface area contributed by atoms with Gasteiger partial charge in [0.25, 0.3) is 0 Å². The lowest BCUT2D eigenvalue weighted by atomic mass is 9.94. The van der Waals surface area contributed by atoms with E-state index in [0.717, 1.165) is 0 Å². The molecule has 1 heterocycles. The zero-order valence-corrected chi connectivity index (χ0v) is 9.89. The number of aliphatic hydroxyl groups is 4. The molecule has 0 spiro atoms. The molecule has 0 aromatic heterocycles. The number of para-hydroxylation sites is 1. The van der Waals surface area contributed by atoms with Gasteiger partial charge in [-0.15, -0.1) is 0 Å². The van der Waals surface area contributed by atoms with E-state index < -0.39 is 30.3 Å². The number of hydrogen-bond acceptors (Lipinski definition) is 6. The van der Waals surface area contributed by atoms with Crippen molar-refractivity contribution in [1.29, 1.82) is 0 Å². The number of aliphatic hydroxyl groups excluding tert-OH is 4. The molecule has 0 aliphatic carbocycles. The van der Waals surface area contributed by atoms with Gasteiger partial charge in [0.1, 0.15) is 18.3 Å². The molecule has 5 atom stereocenters. The van der Waals surface area contributed by atoms with Crippen molar-refractivity contribution in [3.8, 4) is 0 Å². The average Bonchev–Trinajstić information content (AvgIpc) is 2.35. The standard InChI is InChI=1S/C12H17NO5/c1-12(13-7-5-3-2-4-6-7)10(16)8(14)9(15)11(17)18-12/h2-6,8-11,13-17H,1H3/t8-,9-,10-,11+,12-/m0/s1. The van der Waals surface area contributed by atoms with Gasteiger partial charge in [-0.1, -0.05) is 18.2 Å². The highest BCUT2D eigenvalue weighted by Gasteiger charge is 2.50. The maximum absolute atomic E-state index is 9.94. The highest BCUT2D eigenvalue weighted by molar-refractivity contribution is 5.44. The van der Waals surface area contributed by atoms with Crippen LogP contribution in [0.1, 0.15) is 6.92 Å². The Morgan fingerprint density at radius 2 is 1.67 bits per heavy atom. The van der Waals surface area contributed by atoms with Crippen LogP contribution in [0.3, 0.4) is 0 Å². The zero-order valence-electron chi connectivity index (χ0n) is 9.89. The van der Waals surface area contributed by atoms with Crippen molar-refractivity contribution in [3.05, 3.63) is 30.3 Å². The van der Waals surface area contributed by atoms with Crippen LogP contribution in [0.4, 0.5) is 5.69 Å². The minimum absolute atomic E-state index is 0.662. The number of anilines is 1. The van der Waals surface area contributed by atoms with Crippen LogP contribution in [0.25, 0.3) is 0 Å². The molecule has 0 bridgehead atoms. The van der Waals surface area contributed by atoms with E-state index in [0.29, 0.717) is 5.69 Å². The first-order valence-electron chi connectivity index (χ1n) is 5.67. The van der Waals surface area contributed by atoms with E-state index in [9.17, 15) is 20.4 Å². The van der Waals surface area contributed by atoms with E-state index in [2.05, 4.69) is 5.32 Å². The molecule has 100 valence electrons. The molecule has 0 saturated carbocycles. The number of benzene rings is 1. The molecule has 1 fully saturated rings. The van der Waals surface area contributed by atoms with E-state index in [1.54, 1.807) is 24.3 Å². The first-order valence-corrected chi connectivity index (χ1v) is 5.67. The molecule has 6 nitrogen and oxygen atoms in total. The molecule has 1 aromatic carbocycles. The van der Waals surface area contributed by atoms with Gasteiger partial charge in [0, 0.05) is 5.69 Å². The third kappa shape index (κ3) is 2.33. The molecule has 2 rings (SSSR count). The molecule has 5 N–H and O–H groups in total. The summed E-state index contributed by atoms with van der Waals surface area (Å²) in [6.45, 7) is 1.49. The van der Waals surface area contributed by atoms with Gasteiger partial charge in [-0.25, -0.2) is 0 Å². The number of nitrogens with one attached hydrogen (secondary N) is 1. The lowest BCUT2D eigenvalue weighted by molar-refractivity contribution is -0.307. The van der Waals surface area contributed by atoms with Crippen LogP contribution in [0.15, 0.2) is 30.3 Å². The minimum atomic E-state index is -1.57. The predicted octanol–water partition coefficient (Wildman–Crippen LogP) is -0.754. The minimum Gasteiger partial charge on any atom is -0.387 e. The molecule has 1 aromatic rings. The molecule has 0 amide bonds. The van der Waals surface area contributed by atoms with E-state index in [-0.39, 0.29) is 0 Å². The highest BCUT2D eigenvalue weighted by Crippen LogP contribution is 2.30. The number of rotatable bonds is 2. The van der Waals surface area contributed by atoms with Crippen molar-refractivity contribution in [2.24, 2.45) is 0 Å². The van der Waals surface area contributed by atoms with Crippen LogP contribution in [0, 0.1) is 0 Å². The largest absolute Gasteiger partial charge is 0.387 e. The maximum Gasteiger partial charge on any atom is 0.186 e. The molecule has 0 unspecified atom stereocenters. The molecule has 1 aliphatic heterocycles. The van der Waals surface area contributed by atoms with Gasteiger partial charge in [0.05, 0.1) is 0 Å². The quantitative estimate of drug-likeness (QED) is 0.476. The Morgan fingerprint density at radius 1 is 1.06 bits per heavy atom. The third-order valence-electron chi connectivity index (χ3n) is 3.06. The maximum atomic E-state index is 9.94. The first-order chi connectivity index (χ1) is 8.44. The Hall–Kier alpha value is -1.18. The van der Waals surface area contributed by atoms with Crippen LogP contribution in [-0.2, 0) is 4.74 Å². The summed E-state index contributed by atoms with van der Waals surface area (Å²) in [6, 6.07) is 8.93. The summed E-state index contributed by atoms with van der Waals surface area (Å²) in [6.07, 6.45) is -5.97. The highest BCUT2D eigenvalue weighted by atomic mass is 16.7. The fourth-order valence-electron chi connectivity index (χ4n) is 1.98. The van der Waals surface area contributed by atoms with Gasteiger partial charge in [-0.3, -0.25) is 0 Å².